The van der Waals surface area contributed by atoms with Gasteiger partial charge in [0.15, 0.2) is 0 Å². The lowest BCUT2D eigenvalue weighted by Crippen LogP contribution is -2.22. The van der Waals surface area contributed by atoms with Crippen molar-refractivity contribution in [1.29, 1.82) is 0 Å². The molecule has 2 rings (SSSR count). The van der Waals surface area contributed by atoms with Crippen LogP contribution in [0.2, 0.25) is 0 Å². The molecule has 1 aliphatic carbocycles. The van der Waals surface area contributed by atoms with E-state index in [1.807, 2.05) is 32.9 Å². The van der Waals surface area contributed by atoms with Crippen LogP contribution in [0.1, 0.15) is 86.3 Å². The van der Waals surface area contributed by atoms with Crippen molar-refractivity contribution in [1.82, 2.24) is 0 Å². The third-order valence-electron chi connectivity index (χ3n) is 5.78. The summed E-state index contributed by atoms with van der Waals surface area (Å²) in [7, 11) is -3.79. The van der Waals surface area contributed by atoms with E-state index >= 15 is 0 Å². The molecule has 2 atom stereocenters. The van der Waals surface area contributed by atoms with Gasteiger partial charge in [-0.15, -0.1) is 0 Å². The Hall–Kier alpha value is -1.41. The Morgan fingerprint density at radius 1 is 1.04 bits per heavy atom. The lowest BCUT2D eigenvalue weighted by Gasteiger charge is -2.25. The van der Waals surface area contributed by atoms with Crippen LogP contribution in [-0.4, -0.2) is 17.2 Å². The number of hydrogen-bond acceptors (Lipinski definition) is 4. The highest BCUT2D eigenvalue weighted by molar-refractivity contribution is 7.78. The highest BCUT2D eigenvalue weighted by Crippen LogP contribution is 2.60. The lowest BCUT2D eigenvalue weighted by molar-refractivity contribution is -0.138. The predicted molar refractivity (Wildman–Crippen MR) is 114 cm³/mol. The van der Waals surface area contributed by atoms with E-state index in [2.05, 4.69) is 13.8 Å². The average Bonchev–Trinajstić information content (AvgIpc) is 3.13. The SMILES string of the molecule is Cc1cc(C)c(C(=O)P(=O)(OC(=O)C(C)CCC(C)C)C2CCCC2)c(C)c1. The summed E-state index contributed by atoms with van der Waals surface area (Å²) in [6.45, 7) is 11.7. The van der Waals surface area contributed by atoms with Crippen LogP contribution < -0.4 is 0 Å². The van der Waals surface area contributed by atoms with Crippen LogP contribution >= 0.6 is 7.37 Å². The van der Waals surface area contributed by atoms with E-state index in [4.69, 9.17) is 4.52 Å². The fourth-order valence-corrected chi connectivity index (χ4v) is 6.84. The fourth-order valence-electron chi connectivity index (χ4n) is 4.12. The maximum absolute atomic E-state index is 14.0. The monoisotopic (exact) mass is 406 g/mol. The van der Waals surface area contributed by atoms with Crippen molar-refractivity contribution < 1.29 is 18.7 Å². The van der Waals surface area contributed by atoms with E-state index in [0.29, 0.717) is 30.7 Å². The van der Waals surface area contributed by atoms with Crippen molar-refractivity contribution in [2.24, 2.45) is 11.8 Å². The standard InChI is InChI=1S/C23H35O4P/c1-15(2)11-12-17(4)22(24)27-28(26,20-9-7-8-10-20)23(25)21-18(5)13-16(3)14-19(21)6/h13-15,17,20H,7-12H2,1-6H3. The minimum Gasteiger partial charge on any atom is -0.405 e. The van der Waals surface area contributed by atoms with Gasteiger partial charge in [0, 0.05) is 5.56 Å². The Labute approximate surface area is 169 Å². The zero-order valence-corrected chi connectivity index (χ0v) is 19.1. The first-order valence-electron chi connectivity index (χ1n) is 10.5. The molecule has 1 aliphatic rings. The number of rotatable bonds is 8. The second kappa shape index (κ2) is 9.39. The number of benzene rings is 1. The van der Waals surface area contributed by atoms with Crippen molar-refractivity contribution in [3.8, 4) is 0 Å². The third-order valence-corrected chi connectivity index (χ3v) is 8.50. The molecular weight excluding hydrogens is 371 g/mol. The van der Waals surface area contributed by atoms with E-state index in [0.717, 1.165) is 36.0 Å². The summed E-state index contributed by atoms with van der Waals surface area (Å²) in [4.78, 5) is 26.2. The van der Waals surface area contributed by atoms with Gasteiger partial charge in [-0.1, -0.05) is 57.7 Å². The van der Waals surface area contributed by atoms with Gasteiger partial charge >= 0.3 is 13.3 Å². The maximum atomic E-state index is 14.0. The summed E-state index contributed by atoms with van der Waals surface area (Å²) >= 11 is 0. The van der Waals surface area contributed by atoms with E-state index in [9.17, 15) is 14.2 Å². The number of carbonyl (C=O) groups excluding carboxylic acids is 2. The molecule has 0 saturated heterocycles. The molecule has 1 saturated carbocycles. The third kappa shape index (κ3) is 5.14. The van der Waals surface area contributed by atoms with Crippen LogP contribution in [-0.2, 0) is 13.9 Å². The number of hydrogen-bond donors (Lipinski definition) is 0. The molecule has 0 N–H and O–H groups in total. The van der Waals surface area contributed by atoms with E-state index in [1.54, 1.807) is 6.92 Å². The van der Waals surface area contributed by atoms with Gasteiger partial charge in [-0.25, -0.2) is 0 Å². The van der Waals surface area contributed by atoms with Crippen LogP contribution in [0.4, 0.5) is 0 Å². The largest absolute Gasteiger partial charge is 0.405 e. The smallest absolute Gasteiger partial charge is 0.321 e. The van der Waals surface area contributed by atoms with Gasteiger partial charge in [-0.05, 0) is 57.1 Å². The van der Waals surface area contributed by atoms with Crippen molar-refractivity contribution in [3.63, 3.8) is 0 Å². The van der Waals surface area contributed by atoms with Gasteiger partial charge in [-0.3, -0.25) is 14.2 Å². The molecule has 0 aromatic heterocycles. The molecule has 2 unspecified atom stereocenters. The van der Waals surface area contributed by atoms with Crippen molar-refractivity contribution in [3.05, 3.63) is 34.4 Å². The summed E-state index contributed by atoms with van der Waals surface area (Å²) in [5.74, 6) is -0.367. The zero-order chi connectivity index (χ0) is 21.1. The minimum atomic E-state index is -3.79. The van der Waals surface area contributed by atoms with E-state index < -0.39 is 18.9 Å². The summed E-state index contributed by atoms with van der Waals surface area (Å²) in [6.07, 6.45) is 4.79. The molecule has 0 radical (unpaired) electrons. The highest BCUT2D eigenvalue weighted by atomic mass is 31.2. The number of aryl methyl sites for hydroxylation is 3. The maximum Gasteiger partial charge on any atom is 0.321 e. The predicted octanol–water partition coefficient (Wildman–Crippen LogP) is 6.59. The molecule has 1 fully saturated rings. The molecule has 0 spiro atoms. The van der Waals surface area contributed by atoms with Crippen molar-refractivity contribution in [2.45, 2.75) is 85.7 Å². The molecule has 28 heavy (non-hydrogen) atoms. The van der Waals surface area contributed by atoms with Gasteiger partial charge in [-0.2, -0.15) is 0 Å². The van der Waals surface area contributed by atoms with Crippen LogP contribution in [0.25, 0.3) is 0 Å². The Balaban J connectivity index is 2.35. The van der Waals surface area contributed by atoms with Gasteiger partial charge < -0.3 is 4.52 Å². The molecule has 1 aromatic rings. The Kier molecular flexibility index (Phi) is 7.67. The first kappa shape index (κ1) is 22.9. The van der Waals surface area contributed by atoms with E-state index in [-0.39, 0.29) is 11.6 Å². The summed E-state index contributed by atoms with van der Waals surface area (Å²) in [5, 5.41) is 0. The van der Waals surface area contributed by atoms with Crippen molar-refractivity contribution in [2.75, 3.05) is 0 Å². The Bertz CT molecular complexity index is 752. The van der Waals surface area contributed by atoms with Gasteiger partial charge in [0.05, 0.1) is 11.6 Å². The first-order valence-corrected chi connectivity index (χ1v) is 12.2. The van der Waals surface area contributed by atoms with Crippen LogP contribution in [0, 0.1) is 32.6 Å². The second-order valence-corrected chi connectivity index (χ2v) is 11.4. The van der Waals surface area contributed by atoms with Gasteiger partial charge in [0.25, 0.3) is 5.52 Å². The lowest BCUT2D eigenvalue weighted by atomic mass is 10.00. The Morgan fingerprint density at radius 3 is 2.07 bits per heavy atom. The normalized spacial score (nSPS) is 18.1. The van der Waals surface area contributed by atoms with E-state index in [1.165, 1.54) is 0 Å². The zero-order valence-electron chi connectivity index (χ0n) is 18.2. The number of carbonyl (C=O) groups is 2. The van der Waals surface area contributed by atoms with Crippen molar-refractivity contribution >= 4 is 18.9 Å². The summed E-state index contributed by atoms with van der Waals surface area (Å²) < 4.78 is 19.6. The van der Waals surface area contributed by atoms with Crippen LogP contribution in [0.3, 0.4) is 0 Å². The van der Waals surface area contributed by atoms with Crippen LogP contribution in [0.15, 0.2) is 12.1 Å². The molecule has 4 nitrogen and oxygen atoms in total. The molecule has 156 valence electrons. The molecule has 0 amide bonds. The molecule has 1 aromatic carbocycles. The quantitative estimate of drug-likeness (QED) is 0.457. The summed E-state index contributed by atoms with van der Waals surface area (Å²) in [5.41, 5.74) is 2.29. The van der Waals surface area contributed by atoms with Crippen LogP contribution in [0.5, 0.6) is 0 Å². The molecule has 0 heterocycles. The summed E-state index contributed by atoms with van der Waals surface area (Å²) in [6, 6.07) is 3.85. The van der Waals surface area contributed by atoms with Gasteiger partial charge in [0.1, 0.15) is 0 Å². The fraction of sp³-hybridized carbons (Fsp3) is 0.652. The molecule has 0 bridgehead atoms. The average molecular weight is 407 g/mol. The molecule has 5 heteroatoms. The second-order valence-electron chi connectivity index (χ2n) is 8.90. The molecular formula is C23H35O4P. The van der Waals surface area contributed by atoms with Gasteiger partial charge in [0.2, 0.25) is 0 Å². The minimum absolute atomic E-state index is 0.346. The topological polar surface area (TPSA) is 60.4 Å². The Morgan fingerprint density at radius 2 is 1.57 bits per heavy atom. The highest BCUT2D eigenvalue weighted by Gasteiger charge is 2.47. The first-order chi connectivity index (χ1) is 13.1. The molecule has 0 aliphatic heterocycles.